The number of hydrogen-bond donors (Lipinski definition) is 1. The first-order chi connectivity index (χ1) is 5.73. The molecule has 1 nitrogen and oxygen atoms in total. The molecule has 12 heavy (non-hydrogen) atoms. The normalized spacial score (nSPS) is 22.2. The average Bonchev–Trinajstić information content (AvgIpc) is 2.87. The van der Waals surface area contributed by atoms with Crippen LogP contribution in [0.2, 0.25) is 0 Å². The molecule has 1 rings (SSSR count). The molecule has 2 heteroatoms. The van der Waals surface area contributed by atoms with Crippen LogP contribution in [0, 0.1) is 11.3 Å². The van der Waals surface area contributed by atoms with E-state index in [1.165, 1.54) is 31.4 Å². The zero-order valence-corrected chi connectivity index (χ0v) is 8.99. The molecular weight excluding hydrogens is 168 g/mol. The third-order valence-corrected chi connectivity index (χ3v) is 3.72. The summed E-state index contributed by atoms with van der Waals surface area (Å²) in [6.07, 6.45) is 7.30. The lowest BCUT2D eigenvalue weighted by molar-refractivity contribution is 0.109. The molecular formula is C10H20OS. The van der Waals surface area contributed by atoms with E-state index in [2.05, 4.69) is 13.2 Å². The Hall–Kier alpha value is 0.310. The second kappa shape index (κ2) is 4.52. The second-order valence-electron chi connectivity index (χ2n) is 4.18. The van der Waals surface area contributed by atoms with Gasteiger partial charge in [-0.2, -0.15) is 11.8 Å². The first-order valence-corrected chi connectivity index (χ1v) is 6.22. The fourth-order valence-corrected chi connectivity index (χ4v) is 2.25. The summed E-state index contributed by atoms with van der Waals surface area (Å²) < 4.78 is 0. The van der Waals surface area contributed by atoms with Gasteiger partial charge in [-0.05, 0) is 49.0 Å². The van der Waals surface area contributed by atoms with Crippen molar-refractivity contribution in [3.63, 3.8) is 0 Å². The Bertz CT molecular complexity index is 134. The summed E-state index contributed by atoms with van der Waals surface area (Å²) >= 11 is 1.90. The van der Waals surface area contributed by atoms with Crippen molar-refractivity contribution >= 4 is 11.8 Å². The summed E-state index contributed by atoms with van der Waals surface area (Å²) in [6, 6.07) is 0. The Morgan fingerprint density at radius 3 is 2.58 bits per heavy atom. The van der Waals surface area contributed by atoms with Crippen LogP contribution >= 0.6 is 11.8 Å². The van der Waals surface area contributed by atoms with E-state index in [9.17, 15) is 5.11 Å². The summed E-state index contributed by atoms with van der Waals surface area (Å²) in [5, 5.41) is 9.29. The Balaban J connectivity index is 2.23. The van der Waals surface area contributed by atoms with Crippen molar-refractivity contribution in [1.82, 2.24) is 0 Å². The first-order valence-electron chi connectivity index (χ1n) is 4.83. The number of aliphatic hydroxyl groups is 1. The number of hydrogen-bond acceptors (Lipinski definition) is 2. The fourth-order valence-electron chi connectivity index (χ4n) is 1.81. The van der Waals surface area contributed by atoms with Gasteiger partial charge in [0.25, 0.3) is 0 Å². The number of aliphatic hydroxyl groups excluding tert-OH is 1. The highest BCUT2D eigenvalue weighted by molar-refractivity contribution is 7.98. The van der Waals surface area contributed by atoms with Crippen LogP contribution in [0.3, 0.4) is 0 Å². The van der Waals surface area contributed by atoms with Gasteiger partial charge in [0.2, 0.25) is 0 Å². The van der Waals surface area contributed by atoms with Gasteiger partial charge in [-0.1, -0.05) is 6.92 Å². The minimum absolute atomic E-state index is 0.246. The largest absolute Gasteiger partial charge is 0.396 e. The summed E-state index contributed by atoms with van der Waals surface area (Å²) in [5.74, 6) is 2.06. The lowest BCUT2D eigenvalue weighted by Crippen LogP contribution is -2.24. The van der Waals surface area contributed by atoms with Crippen LogP contribution in [-0.4, -0.2) is 23.7 Å². The molecule has 0 aromatic carbocycles. The Morgan fingerprint density at radius 1 is 1.50 bits per heavy atom. The molecule has 1 saturated carbocycles. The molecule has 1 atom stereocenters. The van der Waals surface area contributed by atoms with E-state index in [4.69, 9.17) is 0 Å². The maximum absolute atomic E-state index is 9.29. The molecule has 0 aromatic heterocycles. The molecule has 0 amide bonds. The molecule has 1 aliphatic carbocycles. The van der Waals surface area contributed by atoms with Crippen LogP contribution in [0.1, 0.15) is 32.6 Å². The average molecular weight is 188 g/mol. The monoisotopic (exact) mass is 188 g/mol. The fraction of sp³-hybridized carbons (Fsp3) is 1.00. The van der Waals surface area contributed by atoms with Crippen LogP contribution in [0.4, 0.5) is 0 Å². The molecule has 1 fully saturated rings. The summed E-state index contributed by atoms with van der Waals surface area (Å²) in [5.41, 5.74) is 0.246. The minimum Gasteiger partial charge on any atom is -0.396 e. The smallest absolute Gasteiger partial charge is 0.0487 e. The van der Waals surface area contributed by atoms with E-state index < -0.39 is 0 Å². The second-order valence-corrected chi connectivity index (χ2v) is 5.17. The van der Waals surface area contributed by atoms with E-state index >= 15 is 0 Å². The van der Waals surface area contributed by atoms with Gasteiger partial charge in [0.15, 0.2) is 0 Å². The molecule has 1 aliphatic rings. The molecule has 0 bridgehead atoms. The zero-order valence-electron chi connectivity index (χ0n) is 8.18. The summed E-state index contributed by atoms with van der Waals surface area (Å²) in [7, 11) is 0. The van der Waals surface area contributed by atoms with Crippen molar-refractivity contribution in [2.45, 2.75) is 32.6 Å². The molecule has 0 aromatic rings. The molecule has 1 unspecified atom stereocenters. The Labute approximate surface area is 79.9 Å². The van der Waals surface area contributed by atoms with Gasteiger partial charge in [0, 0.05) is 6.61 Å². The predicted molar refractivity (Wildman–Crippen MR) is 55.5 cm³/mol. The van der Waals surface area contributed by atoms with Crippen molar-refractivity contribution in [2.24, 2.45) is 11.3 Å². The van der Waals surface area contributed by atoms with Gasteiger partial charge in [-0.3, -0.25) is 0 Å². The summed E-state index contributed by atoms with van der Waals surface area (Å²) in [6.45, 7) is 2.62. The predicted octanol–water partition coefficient (Wildman–Crippen LogP) is 2.54. The van der Waals surface area contributed by atoms with Crippen molar-refractivity contribution in [1.29, 1.82) is 0 Å². The summed E-state index contributed by atoms with van der Waals surface area (Å²) in [4.78, 5) is 0. The molecule has 0 radical (unpaired) electrons. The molecule has 0 heterocycles. The van der Waals surface area contributed by atoms with Crippen LogP contribution < -0.4 is 0 Å². The van der Waals surface area contributed by atoms with Gasteiger partial charge in [0.05, 0.1) is 0 Å². The third kappa shape index (κ3) is 2.67. The molecule has 72 valence electrons. The quantitative estimate of drug-likeness (QED) is 0.646. The van der Waals surface area contributed by atoms with Crippen molar-refractivity contribution in [3.8, 4) is 0 Å². The van der Waals surface area contributed by atoms with E-state index in [0.29, 0.717) is 6.61 Å². The van der Waals surface area contributed by atoms with E-state index in [0.717, 1.165) is 5.92 Å². The van der Waals surface area contributed by atoms with Gasteiger partial charge < -0.3 is 5.11 Å². The van der Waals surface area contributed by atoms with Crippen molar-refractivity contribution in [2.75, 3.05) is 18.6 Å². The standard InChI is InChI=1S/C10H20OS/c1-10(8-11,9-4-5-9)6-3-7-12-2/h9,11H,3-8H2,1-2H3. The number of thioether (sulfide) groups is 1. The van der Waals surface area contributed by atoms with E-state index in [1.54, 1.807) is 0 Å². The molecule has 0 aliphatic heterocycles. The van der Waals surface area contributed by atoms with E-state index in [-0.39, 0.29) is 5.41 Å². The number of rotatable bonds is 6. The van der Waals surface area contributed by atoms with Crippen LogP contribution in [0.25, 0.3) is 0 Å². The highest BCUT2D eigenvalue weighted by atomic mass is 32.2. The van der Waals surface area contributed by atoms with E-state index in [1.807, 2.05) is 11.8 Å². The van der Waals surface area contributed by atoms with Gasteiger partial charge in [-0.25, -0.2) is 0 Å². The maximum Gasteiger partial charge on any atom is 0.0487 e. The topological polar surface area (TPSA) is 20.2 Å². The van der Waals surface area contributed by atoms with Crippen molar-refractivity contribution < 1.29 is 5.11 Å². The van der Waals surface area contributed by atoms with Crippen LogP contribution in [0.15, 0.2) is 0 Å². The van der Waals surface area contributed by atoms with Crippen LogP contribution in [-0.2, 0) is 0 Å². The van der Waals surface area contributed by atoms with Crippen molar-refractivity contribution in [3.05, 3.63) is 0 Å². The molecule has 1 N–H and O–H groups in total. The SMILES string of the molecule is CSCCCC(C)(CO)C1CC1. The Kier molecular flexibility index (Phi) is 3.91. The maximum atomic E-state index is 9.29. The van der Waals surface area contributed by atoms with Gasteiger partial charge in [0.1, 0.15) is 0 Å². The highest BCUT2D eigenvalue weighted by Crippen LogP contribution is 2.47. The lowest BCUT2D eigenvalue weighted by atomic mass is 9.81. The molecule has 0 spiro atoms. The molecule has 0 saturated heterocycles. The highest BCUT2D eigenvalue weighted by Gasteiger charge is 2.40. The third-order valence-electron chi connectivity index (χ3n) is 3.02. The lowest BCUT2D eigenvalue weighted by Gasteiger charge is -2.26. The minimum atomic E-state index is 0.246. The Morgan fingerprint density at radius 2 is 2.17 bits per heavy atom. The zero-order chi connectivity index (χ0) is 9.03. The first kappa shape index (κ1) is 10.4. The van der Waals surface area contributed by atoms with Gasteiger partial charge in [-0.15, -0.1) is 0 Å². The van der Waals surface area contributed by atoms with Crippen LogP contribution in [0.5, 0.6) is 0 Å². The van der Waals surface area contributed by atoms with Gasteiger partial charge >= 0.3 is 0 Å².